The number of nitrogens with zero attached hydrogens (tertiary/aromatic N) is 2. The Morgan fingerprint density at radius 2 is 1.80 bits per heavy atom. The second-order valence-corrected chi connectivity index (χ2v) is 9.83. The lowest BCUT2D eigenvalue weighted by Gasteiger charge is -2.56. The van der Waals surface area contributed by atoms with Crippen molar-refractivity contribution < 1.29 is 9.59 Å². The fraction of sp³-hybridized carbons (Fsp3) is 0.737. The lowest BCUT2D eigenvalue weighted by Crippen LogP contribution is -2.55. The summed E-state index contributed by atoms with van der Waals surface area (Å²) in [5.41, 5.74) is 1.00. The fourth-order valence-corrected chi connectivity index (χ4v) is 7.35. The molecule has 2 heterocycles. The van der Waals surface area contributed by atoms with Crippen LogP contribution in [-0.4, -0.2) is 28.2 Å². The molecule has 0 aromatic carbocycles. The summed E-state index contributed by atoms with van der Waals surface area (Å²) in [6.07, 6.45) is 8.29. The Balaban J connectivity index is 1.35. The Labute approximate surface area is 152 Å². The van der Waals surface area contributed by atoms with Gasteiger partial charge in [-0.15, -0.1) is 0 Å². The van der Waals surface area contributed by atoms with E-state index in [0.29, 0.717) is 17.6 Å². The van der Waals surface area contributed by atoms with Crippen LogP contribution in [0.5, 0.6) is 0 Å². The lowest BCUT2D eigenvalue weighted by molar-refractivity contribution is -0.158. The highest BCUT2D eigenvalue weighted by Crippen LogP contribution is 2.60. The summed E-state index contributed by atoms with van der Waals surface area (Å²) in [6, 6.07) is 0. The average Bonchev–Trinajstić information content (AvgIpc) is 2.93. The van der Waals surface area contributed by atoms with Crippen LogP contribution >= 0.6 is 11.3 Å². The molecule has 4 bridgehead atoms. The summed E-state index contributed by atoms with van der Waals surface area (Å²) in [4.78, 5) is 32.5. The Bertz CT molecular complexity index is 706. The molecule has 4 saturated carbocycles. The molecule has 6 rings (SSSR count). The van der Waals surface area contributed by atoms with Crippen molar-refractivity contribution in [3.63, 3.8) is 0 Å². The normalized spacial score (nSPS) is 35.6. The molecule has 0 atom stereocenters. The maximum Gasteiger partial charge on any atom is 0.229 e. The number of hydrogen-bond donors (Lipinski definition) is 1. The van der Waals surface area contributed by atoms with Crippen LogP contribution in [0.2, 0.25) is 0 Å². The molecule has 25 heavy (non-hydrogen) atoms. The van der Waals surface area contributed by atoms with E-state index in [1.54, 1.807) is 0 Å². The zero-order valence-corrected chi connectivity index (χ0v) is 15.5. The van der Waals surface area contributed by atoms with Crippen molar-refractivity contribution in [2.75, 3.05) is 11.9 Å². The smallest absolute Gasteiger partial charge is 0.229 e. The number of nitrogens with one attached hydrogen (secondary N) is 1. The van der Waals surface area contributed by atoms with Crippen molar-refractivity contribution in [3.8, 4) is 0 Å². The van der Waals surface area contributed by atoms with Crippen LogP contribution in [0, 0.1) is 23.2 Å². The first kappa shape index (κ1) is 15.8. The van der Waals surface area contributed by atoms with Gasteiger partial charge in [-0.25, -0.2) is 4.98 Å². The quantitative estimate of drug-likeness (QED) is 0.882. The molecule has 6 heteroatoms. The summed E-state index contributed by atoms with van der Waals surface area (Å²) >= 11 is 1.52. The van der Waals surface area contributed by atoms with E-state index in [2.05, 4.69) is 15.2 Å². The molecule has 4 fully saturated rings. The molecule has 1 aliphatic heterocycles. The topological polar surface area (TPSA) is 62.3 Å². The van der Waals surface area contributed by atoms with Gasteiger partial charge in [0.25, 0.3) is 0 Å². The van der Waals surface area contributed by atoms with Gasteiger partial charge >= 0.3 is 0 Å². The Kier molecular flexibility index (Phi) is 3.50. The number of aromatic nitrogens is 1. The van der Waals surface area contributed by atoms with Gasteiger partial charge in [-0.05, 0) is 56.3 Å². The van der Waals surface area contributed by atoms with Crippen molar-refractivity contribution in [3.05, 3.63) is 10.6 Å². The van der Waals surface area contributed by atoms with Gasteiger partial charge in [0.15, 0.2) is 5.13 Å². The molecule has 1 N–H and O–H groups in total. The largest absolute Gasteiger partial charge is 0.337 e. The number of fused-ring (bicyclic) bond motifs is 1. The molecule has 1 aromatic rings. The number of carbonyl (C=O) groups excluding carboxylic acids is 2. The zero-order chi connectivity index (χ0) is 17.2. The number of rotatable bonds is 2. The van der Waals surface area contributed by atoms with Crippen LogP contribution in [0.25, 0.3) is 0 Å². The minimum Gasteiger partial charge on any atom is -0.337 e. The van der Waals surface area contributed by atoms with Crippen LogP contribution in [0.1, 0.15) is 56.0 Å². The lowest BCUT2D eigenvalue weighted by atomic mass is 9.49. The summed E-state index contributed by atoms with van der Waals surface area (Å²) in [6.45, 7) is 2.95. The predicted octanol–water partition coefficient (Wildman–Crippen LogP) is 3.20. The van der Waals surface area contributed by atoms with Gasteiger partial charge in [0.2, 0.25) is 11.8 Å². The van der Waals surface area contributed by atoms with Crippen molar-refractivity contribution >= 4 is 28.3 Å². The van der Waals surface area contributed by atoms with Crippen molar-refractivity contribution in [2.45, 2.75) is 58.4 Å². The number of anilines is 1. The van der Waals surface area contributed by atoms with Crippen LogP contribution in [0.4, 0.5) is 5.13 Å². The highest BCUT2D eigenvalue weighted by molar-refractivity contribution is 7.15. The molecule has 1 aromatic heterocycles. The predicted molar refractivity (Wildman–Crippen MR) is 96.1 cm³/mol. The Morgan fingerprint density at radius 1 is 1.16 bits per heavy atom. The van der Waals surface area contributed by atoms with Gasteiger partial charge in [0.1, 0.15) is 0 Å². The van der Waals surface area contributed by atoms with E-state index in [9.17, 15) is 9.59 Å². The maximum absolute atomic E-state index is 13.5. The number of thiazole rings is 1. The monoisotopic (exact) mass is 359 g/mol. The first-order chi connectivity index (χ1) is 12.0. The second kappa shape index (κ2) is 5.53. The van der Waals surface area contributed by atoms with Gasteiger partial charge in [-0.1, -0.05) is 11.3 Å². The van der Waals surface area contributed by atoms with E-state index in [1.807, 2.05) is 0 Å². The summed E-state index contributed by atoms with van der Waals surface area (Å²) in [5.74, 6) is 2.71. The molecule has 0 saturated heterocycles. The van der Waals surface area contributed by atoms with Crippen LogP contribution < -0.4 is 5.32 Å². The van der Waals surface area contributed by atoms with Crippen molar-refractivity contribution in [1.29, 1.82) is 0 Å². The van der Waals surface area contributed by atoms with E-state index in [-0.39, 0.29) is 11.3 Å². The molecule has 0 unspecified atom stereocenters. The van der Waals surface area contributed by atoms with E-state index in [1.165, 1.54) is 37.5 Å². The standard InChI is InChI=1S/C19H25N3O2S/c1-11(23)20-18-21-15-2-3-22(10-16(15)25-18)17(24)19-7-12-4-13(8-19)6-14(5-12)9-19/h12-14H,2-10H2,1H3,(H,20,21,23). The number of amides is 2. The molecular weight excluding hydrogens is 334 g/mol. The highest BCUT2D eigenvalue weighted by atomic mass is 32.1. The third-order valence-electron chi connectivity index (χ3n) is 6.79. The van der Waals surface area contributed by atoms with Crippen LogP contribution in [0.3, 0.4) is 0 Å². The van der Waals surface area contributed by atoms with E-state index in [4.69, 9.17) is 0 Å². The molecule has 2 amide bonds. The SMILES string of the molecule is CC(=O)Nc1nc2c(s1)CN(C(=O)C13CC4CC(CC(C4)C1)C3)CC2. The Morgan fingerprint density at radius 3 is 2.40 bits per heavy atom. The van der Waals surface area contributed by atoms with E-state index >= 15 is 0 Å². The fourth-order valence-electron chi connectivity index (χ4n) is 6.28. The summed E-state index contributed by atoms with van der Waals surface area (Å²) in [7, 11) is 0. The minimum atomic E-state index is -0.0902. The molecule has 5 nitrogen and oxygen atoms in total. The molecule has 4 aliphatic carbocycles. The Hall–Kier alpha value is -1.43. The van der Waals surface area contributed by atoms with E-state index in [0.717, 1.165) is 60.6 Å². The number of carbonyl (C=O) groups is 2. The van der Waals surface area contributed by atoms with Crippen molar-refractivity contribution in [1.82, 2.24) is 9.88 Å². The molecule has 0 radical (unpaired) electrons. The minimum absolute atomic E-state index is 0.0581. The first-order valence-electron chi connectivity index (χ1n) is 9.56. The maximum atomic E-state index is 13.5. The van der Waals surface area contributed by atoms with Gasteiger partial charge in [0.05, 0.1) is 17.7 Å². The van der Waals surface area contributed by atoms with E-state index < -0.39 is 0 Å². The highest BCUT2D eigenvalue weighted by Gasteiger charge is 2.55. The molecular formula is C19H25N3O2S. The van der Waals surface area contributed by atoms with Gasteiger partial charge in [-0.2, -0.15) is 0 Å². The third-order valence-corrected chi connectivity index (χ3v) is 7.79. The zero-order valence-electron chi connectivity index (χ0n) is 14.7. The van der Waals surface area contributed by atoms with Gasteiger partial charge in [0, 0.05) is 24.8 Å². The average molecular weight is 359 g/mol. The molecule has 5 aliphatic rings. The van der Waals surface area contributed by atoms with Gasteiger partial charge < -0.3 is 10.2 Å². The third kappa shape index (κ3) is 2.60. The van der Waals surface area contributed by atoms with Gasteiger partial charge in [-0.3, -0.25) is 9.59 Å². The summed E-state index contributed by atoms with van der Waals surface area (Å²) in [5, 5.41) is 3.45. The van der Waals surface area contributed by atoms with Crippen LogP contribution in [0.15, 0.2) is 0 Å². The second-order valence-electron chi connectivity index (χ2n) is 8.74. The molecule has 134 valence electrons. The number of hydrogen-bond acceptors (Lipinski definition) is 4. The van der Waals surface area contributed by atoms with Crippen LogP contribution in [-0.2, 0) is 22.6 Å². The first-order valence-corrected chi connectivity index (χ1v) is 10.4. The van der Waals surface area contributed by atoms with Crippen molar-refractivity contribution in [2.24, 2.45) is 23.2 Å². The molecule has 0 spiro atoms. The summed E-state index contributed by atoms with van der Waals surface area (Å²) < 4.78 is 0.